The molecule has 8 aromatic rings. The van der Waals surface area contributed by atoms with Gasteiger partial charge in [0.15, 0.2) is 0 Å². The Balaban J connectivity index is 0.000000269. The average Bonchev–Trinajstić information content (AvgIpc) is 1.60. The molecule has 10 heterocycles. The molecule has 12 nitrogen and oxygen atoms in total. The van der Waals surface area contributed by atoms with Crippen molar-refractivity contribution < 1.29 is 44.2 Å². The van der Waals surface area contributed by atoms with Crippen molar-refractivity contribution in [1.82, 2.24) is 17.5 Å². The van der Waals surface area contributed by atoms with Crippen LogP contribution in [-0.2, 0) is 58.3 Å². The van der Waals surface area contributed by atoms with Crippen LogP contribution in [0.2, 0.25) is 0 Å². The van der Waals surface area contributed by atoms with E-state index in [9.17, 15) is 8.78 Å². The first-order valence-corrected chi connectivity index (χ1v) is 43.3. The summed E-state index contributed by atoms with van der Waals surface area (Å²) < 4.78 is 97.7. The van der Waals surface area contributed by atoms with Gasteiger partial charge in [-0.05, 0) is 275 Å². The first-order valence-electron chi connectivity index (χ1n) is 37.0. The Kier molecular flexibility index (Phi) is 40.9. The summed E-state index contributed by atoms with van der Waals surface area (Å²) in [4.78, 5) is 3.09. The molecule has 4 saturated heterocycles. The van der Waals surface area contributed by atoms with E-state index in [4.69, 9.17) is 35.4 Å². The molecule has 0 unspecified atom stereocenters. The molecule has 563 valence electrons. The number of unbranched alkanes of at least 4 members (excludes halogenated alkanes) is 10. The number of halogens is 5. The van der Waals surface area contributed by atoms with E-state index in [1.165, 1.54) is 165 Å². The maximum absolute atomic E-state index is 9.96. The topological polar surface area (TPSA) is 129 Å². The van der Waals surface area contributed by atoms with Gasteiger partial charge in [0.25, 0.3) is 0 Å². The van der Waals surface area contributed by atoms with Gasteiger partial charge in [0.05, 0.1) is 77.9 Å². The number of thiophene rings is 4. The van der Waals surface area contributed by atoms with Crippen LogP contribution in [0.3, 0.4) is 0 Å². The molecule has 4 aliphatic rings. The number of hydrogen-bond acceptors (Lipinski definition) is 19. The van der Waals surface area contributed by atoms with Crippen LogP contribution < -0.4 is 15.7 Å². The van der Waals surface area contributed by atoms with Crippen molar-refractivity contribution in [3.8, 4) is 9.75 Å². The molecule has 102 heavy (non-hydrogen) atoms. The third-order valence-electron chi connectivity index (χ3n) is 19.0. The SMILES string of the molecule is Brc1ccc(Br)c2nsnc12.C1CCOC1.CC1(C)OB(c2ccc(B3OC(C)(C)C(C)(C)O3)c3nsnc23)OC1(C)C.CCCCCCc1ccsc1B1OC(C)(C)C(C)(C)O1.CCCCCCc1ccsc1Br.CCCCCc1ccsc1-c1sccc1CCCCC.[2H]CF.[2H]CF.[B]=NS. The van der Waals surface area contributed by atoms with Crippen molar-refractivity contribution in [2.24, 2.45) is 4.30 Å². The molecule has 0 atom stereocenters. The molecule has 0 spiro atoms. The molecule has 0 bridgehead atoms. The summed E-state index contributed by atoms with van der Waals surface area (Å²) in [5, 5.41) is 8.85. The van der Waals surface area contributed by atoms with E-state index < -0.39 is 50.9 Å². The fourth-order valence-corrected chi connectivity index (χ4v) is 17.4. The fraction of sp³-hybridized carbons (Fsp3) is 0.622. The third kappa shape index (κ3) is 27.4. The van der Waals surface area contributed by atoms with Crippen LogP contribution >= 0.6 is 129 Å². The van der Waals surface area contributed by atoms with Gasteiger partial charge >= 0.3 is 46.1 Å². The maximum atomic E-state index is 9.96. The predicted molar refractivity (Wildman–Crippen MR) is 455 cm³/mol. The van der Waals surface area contributed by atoms with Crippen molar-refractivity contribution in [2.45, 2.75) is 273 Å². The first kappa shape index (κ1) is 89.2. The minimum absolute atomic E-state index is 0.193. The van der Waals surface area contributed by atoms with Crippen LogP contribution in [0.5, 0.6) is 0 Å². The molecule has 4 fully saturated rings. The Morgan fingerprint density at radius 3 is 1.11 bits per heavy atom. The van der Waals surface area contributed by atoms with Gasteiger partial charge in [0, 0.05) is 47.6 Å². The summed E-state index contributed by atoms with van der Waals surface area (Å²) in [7, 11) is 1.19. The number of hydrogen-bond donors (Lipinski definition) is 1. The van der Waals surface area contributed by atoms with Crippen LogP contribution in [0.4, 0.5) is 8.78 Å². The van der Waals surface area contributed by atoms with Gasteiger partial charge in [-0.2, -0.15) is 28.8 Å². The van der Waals surface area contributed by atoms with Crippen molar-refractivity contribution in [3.63, 3.8) is 0 Å². The Morgan fingerprint density at radius 2 is 0.755 bits per heavy atom. The van der Waals surface area contributed by atoms with Crippen LogP contribution in [0, 0.1) is 0 Å². The zero-order chi connectivity index (χ0) is 77.2. The second-order valence-corrected chi connectivity index (χ2v) is 36.0. The van der Waals surface area contributed by atoms with Gasteiger partial charge < -0.3 is 32.7 Å². The van der Waals surface area contributed by atoms with Crippen LogP contribution in [0.1, 0.15) is 239 Å². The summed E-state index contributed by atoms with van der Waals surface area (Å²) in [6.07, 6.45) is 26.0. The fourth-order valence-electron chi connectivity index (χ4n) is 10.8. The van der Waals surface area contributed by atoms with Gasteiger partial charge in [-0.25, -0.2) is 0 Å². The second-order valence-electron chi connectivity index (χ2n) is 28.0. The summed E-state index contributed by atoms with van der Waals surface area (Å²) in [5.74, 6) is 0. The normalized spacial score (nSPS) is 17.0. The summed E-state index contributed by atoms with van der Waals surface area (Å²) in [6.45, 7) is 35.9. The van der Waals surface area contributed by atoms with Crippen molar-refractivity contribution in [1.29, 1.82) is 0 Å². The molecular weight excluding hydrogens is 1620 g/mol. The number of ether oxygens (including phenoxy) is 1. The van der Waals surface area contributed by atoms with E-state index in [2.05, 4.69) is 191 Å². The van der Waals surface area contributed by atoms with E-state index >= 15 is 0 Å². The summed E-state index contributed by atoms with van der Waals surface area (Å²) in [6, 6.07) is 17.0. The molecule has 0 amide bonds. The summed E-state index contributed by atoms with van der Waals surface area (Å²) in [5.41, 5.74) is 9.10. The van der Waals surface area contributed by atoms with E-state index in [1.54, 1.807) is 43.6 Å². The second kappa shape index (κ2) is 46.7. The van der Waals surface area contributed by atoms with Crippen molar-refractivity contribution >= 4 is 196 Å². The number of aryl methyl sites for hydroxylation is 4. The first-order chi connectivity index (χ1) is 49.5. The van der Waals surface area contributed by atoms with Crippen molar-refractivity contribution in [2.75, 3.05) is 27.5 Å². The molecule has 12 rings (SSSR count). The van der Waals surface area contributed by atoms with Crippen LogP contribution in [0.25, 0.3) is 31.8 Å². The van der Waals surface area contributed by atoms with Gasteiger partial charge in [-0.1, -0.05) is 104 Å². The van der Waals surface area contributed by atoms with E-state index in [0.29, 0.717) is 0 Å². The molecule has 0 aliphatic carbocycles. The monoisotopic (exact) mass is 1730 g/mol. The average molecular weight is 1730 g/mol. The number of aromatic nitrogens is 4. The van der Waals surface area contributed by atoms with E-state index in [1.807, 2.05) is 102 Å². The molecule has 6 aromatic heterocycles. The molecular formula is C74H111B4Br3F2N5O7S7. The predicted octanol–water partition coefficient (Wildman–Crippen LogP) is 23.4. The van der Waals surface area contributed by atoms with Crippen LogP contribution in [0.15, 0.2) is 87.1 Å². The standard InChI is InChI=1S/C18H26B2N2O4S.C18H26S2.C16H27BO2S.C10H15BrS.C6H2Br2N2S.C4H8O.2CH3F.BHNS/c1-15(2)16(3,4)24-19(23-15)11-9-10-12(14-13(11)21-27-22-14)20-25-17(5,6)18(7,8)26-20;1-3-5-7-9-15-11-13-19-17(15)18-16(12-14-20-18)10-8-6-4-2;1-6-7-8-9-10-13-11-12-20-14(13)17-18-15(2,3)16(4,5)19-17;1-2-3-4-5-6-9-7-8-12-10(9)11;7-3-1-2-4(8)6-5(3)9-11-10-6;1-2-4-5-3-1;2*1-2;1-2-3/h9-10H,1-8H3;11-14H,3-10H2,1-2H3;11-12H,6-10H2,1-5H3;7-8H,2-6H2,1H3;1-2H;1-4H2;2*1H3;3H/i;;;;;;2*1D;. The Morgan fingerprint density at radius 1 is 0.451 bits per heavy atom. The van der Waals surface area contributed by atoms with E-state index in [0.717, 1.165) is 61.6 Å². The zero-order valence-corrected chi connectivity index (χ0v) is 73.6. The number of alkyl halides is 2. The Bertz CT molecular complexity index is 3480. The number of benzene rings is 2. The van der Waals surface area contributed by atoms with Gasteiger partial charge in [0.1, 0.15) is 22.1 Å². The Labute approximate surface area is 671 Å². The molecule has 0 saturated carbocycles. The minimum atomic E-state index is -1.00. The number of fused-ring (bicyclic) bond motifs is 2. The van der Waals surface area contributed by atoms with Gasteiger partial charge in [-0.15, -0.1) is 34.0 Å². The Hall–Kier alpha value is -1.69. The molecule has 28 heteroatoms. The van der Waals surface area contributed by atoms with Crippen molar-refractivity contribution in [3.05, 3.63) is 105 Å². The molecule has 2 aromatic carbocycles. The van der Waals surface area contributed by atoms with Gasteiger partial charge in [0.2, 0.25) is 0 Å². The molecule has 1 radical (unpaired) electrons. The quantitative estimate of drug-likeness (QED) is 0.0396. The molecule has 4 aliphatic heterocycles. The summed E-state index contributed by atoms with van der Waals surface area (Å²) >= 11 is 23.3. The number of thiol groups is 1. The van der Waals surface area contributed by atoms with E-state index in [-0.39, 0.29) is 18.3 Å². The number of nitrogens with zero attached hydrogens (tertiary/aromatic N) is 5. The third-order valence-corrected chi connectivity index (χ3v) is 26.2. The number of rotatable bonds is 22. The zero-order valence-electron chi connectivity index (χ0n) is 65.1. The molecule has 0 N–H and O–H groups in total. The van der Waals surface area contributed by atoms with Gasteiger partial charge in [-0.3, -0.25) is 8.78 Å². The van der Waals surface area contributed by atoms with Crippen LogP contribution in [-0.4, -0.2) is 108 Å².